The highest BCUT2D eigenvalue weighted by Crippen LogP contribution is 1.98. The summed E-state index contributed by atoms with van der Waals surface area (Å²) in [6.07, 6.45) is 5.44. The molecule has 0 amide bonds. The molecule has 9 heavy (non-hydrogen) atoms. The zero-order valence-corrected chi connectivity index (χ0v) is 6.15. The third-order valence-corrected chi connectivity index (χ3v) is 1.18. The van der Waals surface area contributed by atoms with Gasteiger partial charge in [0.05, 0.1) is 6.07 Å². The maximum Gasteiger partial charge on any atom is 0.0940 e. The average Bonchev–Trinajstić information content (AvgIpc) is 1.89. The summed E-state index contributed by atoms with van der Waals surface area (Å²) >= 11 is 0. The Morgan fingerprint density at radius 3 is 2.78 bits per heavy atom. The lowest BCUT2D eigenvalue weighted by atomic mass is 10.2. The minimum atomic E-state index is 0.837. The molecule has 1 heteroatoms. The number of nitrogens with zero attached hydrogens (tertiary/aromatic N) is 1. The van der Waals surface area contributed by atoms with Crippen LogP contribution in [0.1, 0.15) is 33.1 Å². The van der Waals surface area contributed by atoms with Crippen molar-refractivity contribution in [3.05, 3.63) is 11.6 Å². The Bertz CT molecular complexity index is 128. The van der Waals surface area contributed by atoms with Gasteiger partial charge in [-0.1, -0.05) is 25.8 Å². The highest BCUT2D eigenvalue weighted by molar-refractivity contribution is 5.16. The van der Waals surface area contributed by atoms with Gasteiger partial charge >= 0.3 is 0 Å². The summed E-state index contributed by atoms with van der Waals surface area (Å²) in [5, 5.41) is 8.32. The lowest BCUT2D eigenvalue weighted by molar-refractivity contribution is 0.812. The van der Waals surface area contributed by atoms with Crippen molar-refractivity contribution >= 4 is 0 Å². The van der Waals surface area contributed by atoms with Crippen LogP contribution in [-0.2, 0) is 0 Å². The highest BCUT2D eigenvalue weighted by Gasteiger charge is 1.82. The molecule has 0 N–H and O–H groups in total. The molecule has 0 fully saturated rings. The summed E-state index contributed by atoms with van der Waals surface area (Å²) in [6.45, 7) is 3.99. The van der Waals surface area contributed by atoms with E-state index in [1.165, 1.54) is 12.8 Å². The van der Waals surface area contributed by atoms with Crippen molar-refractivity contribution in [1.29, 1.82) is 5.26 Å². The summed E-state index contributed by atoms with van der Waals surface area (Å²) in [5.74, 6) is 0. The second-order valence-corrected chi connectivity index (χ2v) is 2.14. The van der Waals surface area contributed by atoms with E-state index in [-0.39, 0.29) is 0 Å². The van der Waals surface area contributed by atoms with E-state index >= 15 is 0 Å². The molecule has 0 bridgehead atoms. The maximum atomic E-state index is 8.32. The molecule has 0 aliphatic carbocycles. The van der Waals surface area contributed by atoms with Crippen molar-refractivity contribution in [1.82, 2.24) is 0 Å². The van der Waals surface area contributed by atoms with Crippen LogP contribution in [0.2, 0.25) is 0 Å². The fraction of sp³-hybridized carbons (Fsp3) is 0.625. The molecule has 1 nitrogen and oxygen atoms in total. The molecule has 0 radical (unpaired) electrons. The summed E-state index contributed by atoms with van der Waals surface area (Å²) in [4.78, 5) is 0. The zero-order chi connectivity index (χ0) is 7.11. The Balaban J connectivity index is 3.35. The van der Waals surface area contributed by atoms with Crippen LogP contribution in [0.5, 0.6) is 0 Å². The highest BCUT2D eigenvalue weighted by atomic mass is 14.2. The Kier molecular flexibility index (Phi) is 4.91. The van der Waals surface area contributed by atoms with E-state index in [0.29, 0.717) is 0 Å². The fourth-order valence-corrected chi connectivity index (χ4v) is 0.568. The number of hydrogen-bond donors (Lipinski definition) is 0. The van der Waals surface area contributed by atoms with Crippen molar-refractivity contribution in [2.75, 3.05) is 0 Å². The van der Waals surface area contributed by atoms with Crippen LogP contribution in [0.3, 0.4) is 0 Å². The van der Waals surface area contributed by atoms with Gasteiger partial charge in [0.25, 0.3) is 0 Å². The monoisotopic (exact) mass is 123 g/mol. The third kappa shape index (κ3) is 5.10. The van der Waals surface area contributed by atoms with E-state index in [9.17, 15) is 0 Å². The van der Waals surface area contributed by atoms with Crippen molar-refractivity contribution in [2.45, 2.75) is 33.1 Å². The minimum Gasteiger partial charge on any atom is -0.193 e. The number of unbranched alkanes of at least 4 members (excludes halogenated alkanes) is 2. The smallest absolute Gasteiger partial charge is 0.0940 e. The second kappa shape index (κ2) is 5.37. The summed E-state index contributed by atoms with van der Waals surface area (Å²) < 4.78 is 0. The van der Waals surface area contributed by atoms with Crippen LogP contribution >= 0.6 is 0 Å². The first-order chi connectivity index (χ1) is 4.31. The summed E-state index contributed by atoms with van der Waals surface area (Å²) in [7, 11) is 0. The van der Waals surface area contributed by atoms with E-state index in [0.717, 1.165) is 12.0 Å². The van der Waals surface area contributed by atoms with Crippen LogP contribution in [-0.4, -0.2) is 0 Å². The van der Waals surface area contributed by atoms with Gasteiger partial charge in [-0.15, -0.1) is 0 Å². The molecule has 0 aromatic carbocycles. The predicted octanol–water partition coefficient (Wildman–Crippen LogP) is 2.65. The first-order valence-electron chi connectivity index (χ1n) is 3.38. The van der Waals surface area contributed by atoms with Gasteiger partial charge < -0.3 is 0 Å². The number of hydrogen-bond acceptors (Lipinski definition) is 1. The quantitative estimate of drug-likeness (QED) is 0.418. The van der Waals surface area contributed by atoms with E-state index in [1.54, 1.807) is 0 Å². The normalized spacial score (nSPS) is 11.0. The van der Waals surface area contributed by atoms with Crippen molar-refractivity contribution in [3.63, 3.8) is 0 Å². The lowest BCUT2D eigenvalue weighted by Crippen LogP contribution is -1.70. The minimum absolute atomic E-state index is 0.837. The molecular formula is C8H13N. The van der Waals surface area contributed by atoms with Crippen molar-refractivity contribution in [2.24, 2.45) is 0 Å². The molecule has 0 aliphatic rings. The van der Waals surface area contributed by atoms with E-state index in [4.69, 9.17) is 5.26 Å². The average molecular weight is 123 g/mol. The molecular weight excluding hydrogens is 110 g/mol. The Morgan fingerprint density at radius 1 is 1.67 bits per heavy atom. The van der Waals surface area contributed by atoms with Crippen LogP contribution in [0.25, 0.3) is 0 Å². The molecule has 0 unspecified atom stereocenters. The van der Waals surface area contributed by atoms with E-state index in [1.807, 2.05) is 13.0 Å². The first kappa shape index (κ1) is 8.23. The molecule has 0 aliphatic heterocycles. The zero-order valence-electron chi connectivity index (χ0n) is 6.15. The predicted molar refractivity (Wildman–Crippen MR) is 38.9 cm³/mol. The van der Waals surface area contributed by atoms with Gasteiger partial charge in [-0.2, -0.15) is 5.26 Å². The largest absolute Gasteiger partial charge is 0.193 e. The third-order valence-electron chi connectivity index (χ3n) is 1.18. The van der Waals surface area contributed by atoms with Crippen LogP contribution < -0.4 is 0 Å². The van der Waals surface area contributed by atoms with E-state index < -0.39 is 0 Å². The van der Waals surface area contributed by atoms with Gasteiger partial charge in [0, 0.05) is 5.57 Å². The fourth-order valence-electron chi connectivity index (χ4n) is 0.568. The Morgan fingerprint density at radius 2 is 2.33 bits per heavy atom. The molecule has 0 spiro atoms. The van der Waals surface area contributed by atoms with Crippen LogP contribution in [0.4, 0.5) is 0 Å². The Hall–Kier alpha value is -0.770. The summed E-state index contributed by atoms with van der Waals surface area (Å²) in [5.41, 5.74) is 0.837. The molecule has 50 valence electrons. The molecule has 0 saturated carbocycles. The lowest BCUT2D eigenvalue weighted by Gasteiger charge is -1.87. The molecule has 0 atom stereocenters. The number of rotatable bonds is 3. The second-order valence-electron chi connectivity index (χ2n) is 2.14. The topological polar surface area (TPSA) is 23.8 Å². The summed E-state index contributed by atoms with van der Waals surface area (Å²) in [6, 6.07) is 2.08. The SMILES string of the molecule is CCCC/C=C(\C)C#N. The number of nitriles is 1. The standard InChI is InChI=1S/C8H13N/c1-3-4-5-6-8(2)7-9/h6H,3-5H2,1-2H3/b8-6+. The molecule has 0 aromatic heterocycles. The van der Waals surface area contributed by atoms with Gasteiger partial charge in [0.15, 0.2) is 0 Å². The van der Waals surface area contributed by atoms with Gasteiger partial charge in [-0.3, -0.25) is 0 Å². The van der Waals surface area contributed by atoms with Gasteiger partial charge in [-0.05, 0) is 13.3 Å². The molecule has 0 rings (SSSR count). The van der Waals surface area contributed by atoms with E-state index in [2.05, 4.69) is 13.0 Å². The van der Waals surface area contributed by atoms with Crippen molar-refractivity contribution < 1.29 is 0 Å². The van der Waals surface area contributed by atoms with Crippen LogP contribution in [0.15, 0.2) is 11.6 Å². The first-order valence-corrected chi connectivity index (χ1v) is 3.38. The Labute approximate surface area is 57.0 Å². The van der Waals surface area contributed by atoms with Crippen molar-refractivity contribution in [3.8, 4) is 6.07 Å². The van der Waals surface area contributed by atoms with Gasteiger partial charge in [-0.25, -0.2) is 0 Å². The molecule has 0 heterocycles. The molecule has 0 aromatic rings. The molecule has 0 saturated heterocycles. The number of allylic oxidation sites excluding steroid dienone is 2. The van der Waals surface area contributed by atoms with Gasteiger partial charge in [0.1, 0.15) is 0 Å². The van der Waals surface area contributed by atoms with Crippen LogP contribution in [0, 0.1) is 11.3 Å². The maximum absolute atomic E-state index is 8.32. The van der Waals surface area contributed by atoms with Gasteiger partial charge in [0.2, 0.25) is 0 Å².